The Balaban J connectivity index is 1.46. The van der Waals surface area contributed by atoms with Crippen molar-refractivity contribution in [2.45, 2.75) is 44.7 Å². The average molecular weight is 285 g/mol. The van der Waals surface area contributed by atoms with Crippen LogP contribution in [0.15, 0.2) is 18.2 Å². The lowest BCUT2D eigenvalue weighted by Gasteiger charge is -2.40. The van der Waals surface area contributed by atoms with E-state index in [4.69, 9.17) is 0 Å². The Bertz CT molecular complexity index is 485. The molecule has 1 aromatic carbocycles. The van der Waals surface area contributed by atoms with Gasteiger partial charge in [-0.1, -0.05) is 25.0 Å². The van der Waals surface area contributed by atoms with E-state index < -0.39 is 0 Å². The van der Waals surface area contributed by atoms with Gasteiger partial charge in [-0.3, -0.25) is 4.90 Å². The molecule has 1 saturated carbocycles. The highest BCUT2D eigenvalue weighted by Gasteiger charge is 2.27. The van der Waals surface area contributed by atoms with Crippen LogP contribution >= 0.6 is 0 Å². The van der Waals surface area contributed by atoms with E-state index in [0.29, 0.717) is 0 Å². The lowest BCUT2D eigenvalue weighted by atomic mass is 9.98. The summed E-state index contributed by atoms with van der Waals surface area (Å²) < 4.78 is 0. The minimum atomic E-state index is 0.888. The molecule has 1 saturated heterocycles. The Morgan fingerprint density at radius 1 is 1.00 bits per heavy atom. The molecule has 21 heavy (non-hydrogen) atoms. The van der Waals surface area contributed by atoms with Gasteiger partial charge in [-0.2, -0.15) is 0 Å². The van der Waals surface area contributed by atoms with E-state index in [0.717, 1.165) is 19.1 Å². The maximum absolute atomic E-state index is 3.54. The summed E-state index contributed by atoms with van der Waals surface area (Å²) in [6.07, 6.45) is 6.95. The zero-order chi connectivity index (χ0) is 14.1. The molecule has 0 aromatic heterocycles. The van der Waals surface area contributed by atoms with Gasteiger partial charge < -0.3 is 10.2 Å². The second-order valence-electron chi connectivity index (χ2n) is 6.80. The lowest BCUT2D eigenvalue weighted by Crippen LogP contribution is -2.50. The number of nitrogens with one attached hydrogen (secondary N) is 1. The van der Waals surface area contributed by atoms with Crippen LogP contribution < -0.4 is 10.2 Å². The Morgan fingerprint density at radius 2 is 1.81 bits per heavy atom. The van der Waals surface area contributed by atoms with Crippen molar-refractivity contribution in [2.24, 2.45) is 0 Å². The predicted molar refractivity (Wildman–Crippen MR) is 87.9 cm³/mol. The van der Waals surface area contributed by atoms with Crippen LogP contribution in [0.5, 0.6) is 0 Å². The number of hydrogen-bond acceptors (Lipinski definition) is 3. The number of rotatable bonds is 2. The smallest absolute Gasteiger partial charge is 0.0415 e. The first kappa shape index (κ1) is 13.6. The largest absolute Gasteiger partial charge is 0.369 e. The second kappa shape index (κ2) is 5.98. The first-order valence-corrected chi connectivity index (χ1v) is 8.72. The van der Waals surface area contributed by atoms with Crippen LogP contribution in [-0.4, -0.2) is 43.7 Å². The van der Waals surface area contributed by atoms with Crippen LogP contribution in [0.25, 0.3) is 0 Å². The molecule has 0 atom stereocenters. The molecule has 4 rings (SSSR count). The van der Waals surface area contributed by atoms with Gasteiger partial charge in [0, 0.05) is 44.5 Å². The summed E-state index contributed by atoms with van der Waals surface area (Å²) >= 11 is 0. The molecule has 0 amide bonds. The molecule has 114 valence electrons. The molecular formula is C18H27N3. The molecule has 0 bridgehead atoms. The molecule has 2 fully saturated rings. The van der Waals surface area contributed by atoms with Crippen LogP contribution in [0.4, 0.5) is 5.69 Å². The minimum absolute atomic E-state index is 0.888. The number of benzene rings is 1. The molecule has 0 radical (unpaired) electrons. The average Bonchev–Trinajstić information content (AvgIpc) is 3.09. The third kappa shape index (κ3) is 2.69. The number of fused-ring (bicyclic) bond motifs is 1. The molecule has 3 aliphatic rings. The van der Waals surface area contributed by atoms with E-state index in [1.807, 2.05) is 0 Å². The standard InChI is InChI=1S/C18H27N3/c1-2-6-16(5-1)20-10-12-21(13-11-20)18-7-3-4-15-8-9-19-14-17(15)18/h3-4,7,16,19H,1-2,5-6,8-14H2. The summed E-state index contributed by atoms with van der Waals surface area (Å²) in [4.78, 5) is 5.37. The van der Waals surface area contributed by atoms with Gasteiger partial charge in [-0.15, -0.1) is 0 Å². The first-order chi connectivity index (χ1) is 10.4. The normalized spacial score (nSPS) is 24.3. The molecule has 1 aromatic rings. The van der Waals surface area contributed by atoms with Crippen LogP contribution in [0.2, 0.25) is 0 Å². The van der Waals surface area contributed by atoms with Gasteiger partial charge in [0.2, 0.25) is 0 Å². The van der Waals surface area contributed by atoms with Gasteiger partial charge in [0.15, 0.2) is 0 Å². The maximum atomic E-state index is 3.54. The number of nitrogens with zero attached hydrogens (tertiary/aromatic N) is 2. The van der Waals surface area contributed by atoms with Crippen LogP contribution in [0, 0.1) is 0 Å². The monoisotopic (exact) mass is 285 g/mol. The summed E-state index contributed by atoms with van der Waals surface area (Å²) in [6.45, 7) is 7.09. The Labute approximate surface area is 128 Å². The predicted octanol–water partition coefficient (Wildman–Crippen LogP) is 2.40. The van der Waals surface area contributed by atoms with E-state index >= 15 is 0 Å². The lowest BCUT2D eigenvalue weighted by molar-refractivity contribution is 0.187. The first-order valence-electron chi connectivity index (χ1n) is 8.72. The van der Waals surface area contributed by atoms with E-state index in [1.165, 1.54) is 64.0 Å². The molecule has 1 N–H and O–H groups in total. The Kier molecular flexibility index (Phi) is 3.87. The SMILES string of the molecule is c1cc2c(c(N3CCN(C4CCCC4)CC3)c1)CNCC2. The number of hydrogen-bond donors (Lipinski definition) is 1. The van der Waals surface area contributed by atoms with E-state index in [2.05, 4.69) is 33.3 Å². The summed E-state index contributed by atoms with van der Waals surface area (Å²) in [5, 5.41) is 3.54. The fraction of sp³-hybridized carbons (Fsp3) is 0.667. The fourth-order valence-corrected chi connectivity index (χ4v) is 4.39. The molecule has 0 spiro atoms. The van der Waals surface area contributed by atoms with E-state index in [-0.39, 0.29) is 0 Å². The summed E-state index contributed by atoms with van der Waals surface area (Å²) in [5.41, 5.74) is 4.60. The van der Waals surface area contributed by atoms with Crippen molar-refractivity contribution >= 4 is 5.69 Å². The van der Waals surface area contributed by atoms with Crippen molar-refractivity contribution in [3.8, 4) is 0 Å². The van der Waals surface area contributed by atoms with E-state index in [9.17, 15) is 0 Å². The van der Waals surface area contributed by atoms with Gasteiger partial charge in [-0.05, 0) is 43.0 Å². The number of anilines is 1. The zero-order valence-electron chi connectivity index (χ0n) is 13.0. The van der Waals surface area contributed by atoms with Gasteiger partial charge in [0.1, 0.15) is 0 Å². The fourth-order valence-electron chi connectivity index (χ4n) is 4.39. The van der Waals surface area contributed by atoms with E-state index in [1.54, 1.807) is 11.1 Å². The van der Waals surface area contributed by atoms with Crippen LogP contribution in [-0.2, 0) is 13.0 Å². The Hall–Kier alpha value is -1.06. The summed E-state index contributed by atoms with van der Waals surface area (Å²) in [6, 6.07) is 7.78. The molecule has 2 aliphatic heterocycles. The Morgan fingerprint density at radius 3 is 2.62 bits per heavy atom. The molecular weight excluding hydrogens is 258 g/mol. The molecule has 2 heterocycles. The van der Waals surface area contributed by atoms with Gasteiger partial charge in [0.05, 0.1) is 0 Å². The molecule has 1 aliphatic carbocycles. The highest BCUT2D eigenvalue weighted by Crippen LogP contribution is 2.29. The van der Waals surface area contributed by atoms with Crippen molar-refractivity contribution in [3.05, 3.63) is 29.3 Å². The quantitative estimate of drug-likeness (QED) is 0.900. The van der Waals surface area contributed by atoms with Gasteiger partial charge in [0.25, 0.3) is 0 Å². The molecule has 0 unspecified atom stereocenters. The van der Waals surface area contributed by atoms with Crippen LogP contribution in [0.1, 0.15) is 36.8 Å². The highest BCUT2D eigenvalue weighted by atomic mass is 15.3. The zero-order valence-corrected chi connectivity index (χ0v) is 13.0. The minimum Gasteiger partial charge on any atom is -0.369 e. The van der Waals surface area contributed by atoms with Crippen LogP contribution in [0.3, 0.4) is 0 Å². The van der Waals surface area contributed by atoms with Crippen molar-refractivity contribution in [3.63, 3.8) is 0 Å². The highest BCUT2D eigenvalue weighted by molar-refractivity contribution is 5.58. The summed E-state index contributed by atoms with van der Waals surface area (Å²) in [7, 11) is 0. The third-order valence-electron chi connectivity index (χ3n) is 5.62. The topological polar surface area (TPSA) is 18.5 Å². The van der Waals surface area contributed by atoms with Gasteiger partial charge in [-0.25, -0.2) is 0 Å². The van der Waals surface area contributed by atoms with Gasteiger partial charge >= 0.3 is 0 Å². The molecule has 3 heteroatoms. The third-order valence-corrected chi connectivity index (χ3v) is 5.62. The number of piperazine rings is 1. The van der Waals surface area contributed by atoms with Crippen molar-refractivity contribution in [2.75, 3.05) is 37.6 Å². The maximum Gasteiger partial charge on any atom is 0.0415 e. The molecule has 3 nitrogen and oxygen atoms in total. The van der Waals surface area contributed by atoms with Crippen molar-refractivity contribution in [1.29, 1.82) is 0 Å². The van der Waals surface area contributed by atoms with Crippen molar-refractivity contribution in [1.82, 2.24) is 10.2 Å². The van der Waals surface area contributed by atoms with Crippen molar-refractivity contribution < 1.29 is 0 Å². The second-order valence-corrected chi connectivity index (χ2v) is 6.80. The summed E-state index contributed by atoms with van der Waals surface area (Å²) in [5.74, 6) is 0.